The quantitative estimate of drug-likeness (QED) is 0.732. The number of fused-ring (bicyclic) bond motifs is 2. The van der Waals surface area contributed by atoms with Crippen molar-refractivity contribution in [3.63, 3.8) is 0 Å². The smallest absolute Gasteiger partial charge is 0.289 e. The van der Waals surface area contributed by atoms with Crippen LogP contribution in [0.3, 0.4) is 0 Å². The fourth-order valence-corrected chi connectivity index (χ4v) is 3.29. The minimum Gasteiger partial charge on any atom is -0.497 e. The Morgan fingerprint density at radius 1 is 1.08 bits per heavy atom. The van der Waals surface area contributed by atoms with Gasteiger partial charge < -0.3 is 18.8 Å². The van der Waals surface area contributed by atoms with Gasteiger partial charge in [0, 0.05) is 18.5 Å². The zero-order chi connectivity index (χ0) is 17.4. The molecule has 0 N–H and O–H groups in total. The summed E-state index contributed by atoms with van der Waals surface area (Å²) in [6.07, 6.45) is 0.807. The monoisotopic (exact) mass is 337 g/mol. The highest BCUT2D eigenvalue weighted by Crippen LogP contribution is 2.30. The summed E-state index contributed by atoms with van der Waals surface area (Å²) in [5.74, 6) is 1.73. The van der Waals surface area contributed by atoms with Crippen molar-refractivity contribution in [2.24, 2.45) is 0 Å². The lowest BCUT2D eigenvalue weighted by Crippen LogP contribution is -2.35. The van der Waals surface area contributed by atoms with Gasteiger partial charge in [-0.05, 0) is 41.8 Å². The zero-order valence-electron chi connectivity index (χ0n) is 14.2. The lowest BCUT2D eigenvalue weighted by Gasteiger charge is -2.28. The molecule has 4 rings (SSSR count). The lowest BCUT2D eigenvalue weighted by molar-refractivity contribution is 0.0704. The summed E-state index contributed by atoms with van der Waals surface area (Å²) in [6.45, 7) is 1.24. The van der Waals surface area contributed by atoms with Crippen molar-refractivity contribution in [3.8, 4) is 11.5 Å². The summed E-state index contributed by atoms with van der Waals surface area (Å²) < 4.78 is 16.4. The Morgan fingerprint density at radius 3 is 2.76 bits per heavy atom. The van der Waals surface area contributed by atoms with Crippen LogP contribution in [0.5, 0.6) is 11.5 Å². The van der Waals surface area contributed by atoms with Gasteiger partial charge in [0.2, 0.25) is 0 Å². The number of rotatable bonds is 3. The number of ether oxygens (including phenoxy) is 2. The van der Waals surface area contributed by atoms with E-state index in [9.17, 15) is 4.79 Å². The number of methoxy groups -OCH3 is 2. The number of benzene rings is 2. The first-order valence-corrected chi connectivity index (χ1v) is 8.21. The molecular formula is C20H19NO4. The van der Waals surface area contributed by atoms with Gasteiger partial charge in [0.15, 0.2) is 17.1 Å². The summed E-state index contributed by atoms with van der Waals surface area (Å²) in [6, 6.07) is 13.4. The molecule has 0 spiro atoms. The van der Waals surface area contributed by atoms with Crippen LogP contribution in [0, 0.1) is 0 Å². The van der Waals surface area contributed by atoms with Gasteiger partial charge in [-0.25, -0.2) is 0 Å². The Balaban J connectivity index is 1.61. The second-order valence-corrected chi connectivity index (χ2v) is 6.10. The van der Waals surface area contributed by atoms with Crippen molar-refractivity contribution < 1.29 is 18.7 Å². The molecule has 5 nitrogen and oxygen atoms in total. The number of carbonyl (C=O) groups is 1. The van der Waals surface area contributed by atoms with Crippen LogP contribution in [0.2, 0.25) is 0 Å². The fourth-order valence-electron chi connectivity index (χ4n) is 3.29. The second-order valence-electron chi connectivity index (χ2n) is 6.10. The summed E-state index contributed by atoms with van der Waals surface area (Å²) >= 11 is 0. The molecule has 3 aromatic rings. The van der Waals surface area contributed by atoms with Gasteiger partial charge in [-0.2, -0.15) is 0 Å². The maximum atomic E-state index is 12.9. The number of hydrogen-bond acceptors (Lipinski definition) is 4. The molecule has 1 amide bonds. The van der Waals surface area contributed by atoms with Gasteiger partial charge in [-0.1, -0.05) is 18.2 Å². The second kappa shape index (κ2) is 6.16. The number of carbonyl (C=O) groups excluding carboxylic acids is 1. The molecule has 1 aromatic heterocycles. The zero-order valence-corrected chi connectivity index (χ0v) is 14.2. The molecule has 0 radical (unpaired) electrons. The van der Waals surface area contributed by atoms with E-state index in [1.165, 1.54) is 5.56 Å². The van der Waals surface area contributed by atoms with E-state index in [0.717, 1.165) is 23.1 Å². The first-order valence-electron chi connectivity index (χ1n) is 8.21. The highest BCUT2D eigenvalue weighted by Gasteiger charge is 2.25. The van der Waals surface area contributed by atoms with E-state index < -0.39 is 0 Å². The SMILES string of the molecule is COc1ccc2c(c1)CCN(C(=O)c1cc3cccc(OC)c3o1)C2. The van der Waals surface area contributed by atoms with Gasteiger partial charge in [0.25, 0.3) is 5.91 Å². The van der Waals surface area contributed by atoms with Crippen molar-refractivity contribution in [1.82, 2.24) is 4.90 Å². The van der Waals surface area contributed by atoms with Gasteiger partial charge in [0.1, 0.15) is 5.75 Å². The first-order chi connectivity index (χ1) is 12.2. The van der Waals surface area contributed by atoms with E-state index in [2.05, 4.69) is 0 Å². The van der Waals surface area contributed by atoms with Gasteiger partial charge in [-0.3, -0.25) is 4.79 Å². The molecule has 0 unspecified atom stereocenters. The van der Waals surface area contributed by atoms with E-state index in [-0.39, 0.29) is 5.91 Å². The maximum Gasteiger partial charge on any atom is 0.289 e. The van der Waals surface area contributed by atoms with Crippen molar-refractivity contribution in [2.75, 3.05) is 20.8 Å². The van der Waals surface area contributed by atoms with E-state index in [1.807, 2.05) is 41.3 Å². The van der Waals surface area contributed by atoms with E-state index >= 15 is 0 Å². The van der Waals surface area contributed by atoms with Crippen LogP contribution in [0.25, 0.3) is 11.0 Å². The molecule has 1 aliphatic rings. The van der Waals surface area contributed by atoms with E-state index in [0.29, 0.717) is 30.2 Å². The molecule has 0 aliphatic carbocycles. The van der Waals surface area contributed by atoms with Crippen LogP contribution in [-0.2, 0) is 13.0 Å². The third-order valence-corrected chi connectivity index (χ3v) is 4.65. The van der Waals surface area contributed by atoms with Crippen LogP contribution >= 0.6 is 0 Å². The number of nitrogens with zero attached hydrogens (tertiary/aromatic N) is 1. The Morgan fingerprint density at radius 2 is 1.96 bits per heavy atom. The number of furan rings is 1. The number of para-hydroxylation sites is 1. The van der Waals surface area contributed by atoms with Crippen LogP contribution in [-0.4, -0.2) is 31.6 Å². The molecular weight excluding hydrogens is 318 g/mol. The Labute approximate surface area is 145 Å². The van der Waals surface area contributed by atoms with Gasteiger partial charge >= 0.3 is 0 Å². The van der Waals surface area contributed by atoms with Crippen molar-refractivity contribution >= 4 is 16.9 Å². The Bertz CT molecular complexity index is 944. The topological polar surface area (TPSA) is 51.9 Å². The standard InChI is InChI=1S/C20H19NO4/c1-23-16-7-6-15-12-21(9-8-13(15)10-16)20(22)18-11-14-4-3-5-17(24-2)19(14)25-18/h3-7,10-11H,8-9,12H2,1-2H3. The van der Waals surface area contributed by atoms with Crippen molar-refractivity contribution in [1.29, 1.82) is 0 Å². The summed E-state index contributed by atoms with van der Waals surface area (Å²) in [5, 5.41) is 0.866. The van der Waals surface area contributed by atoms with Crippen molar-refractivity contribution in [3.05, 3.63) is 59.4 Å². The number of hydrogen-bond donors (Lipinski definition) is 0. The summed E-state index contributed by atoms with van der Waals surface area (Å²) in [4.78, 5) is 14.7. The third-order valence-electron chi connectivity index (χ3n) is 4.65. The van der Waals surface area contributed by atoms with Gasteiger partial charge in [-0.15, -0.1) is 0 Å². The normalized spacial score (nSPS) is 13.6. The van der Waals surface area contributed by atoms with Gasteiger partial charge in [0.05, 0.1) is 14.2 Å². The molecule has 128 valence electrons. The average molecular weight is 337 g/mol. The highest BCUT2D eigenvalue weighted by molar-refractivity contribution is 5.97. The molecule has 0 saturated carbocycles. The predicted molar refractivity (Wildman–Crippen MR) is 94.2 cm³/mol. The molecule has 5 heteroatoms. The predicted octanol–water partition coefficient (Wildman–Crippen LogP) is 3.65. The van der Waals surface area contributed by atoms with Crippen LogP contribution in [0.1, 0.15) is 21.7 Å². The largest absolute Gasteiger partial charge is 0.497 e. The molecule has 1 aliphatic heterocycles. The minimum atomic E-state index is -0.0975. The van der Waals surface area contributed by atoms with E-state index in [1.54, 1.807) is 20.3 Å². The third kappa shape index (κ3) is 2.71. The minimum absolute atomic E-state index is 0.0975. The molecule has 0 atom stereocenters. The molecule has 0 saturated heterocycles. The van der Waals surface area contributed by atoms with Crippen LogP contribution in [0.15, 0.2) is 46.9 Å². The lowest BCUT2D eigenvalue weighted by atomic mass is 9.99. The summed E-state index contributed by atoms with van der Waals surface area (Å²) in [7, 11) is 3.25. The molecule has 0 bridgehead atoms. The first kappa shape index (κ1) is 15.6. The maximum absolute atomic E-state index is 12.9. The molecule has 2 aromatic carbocycles. The average Bonchev–Trinajstić information content (AvgIpc) is 3.10. The molecule has 25 heavy (non-hydrogen) atoms. The molecule has 2 heterocycles. The van der Waals surface area contributed by atoms with Crippen LogP contribution in [0.4, 0.5) is 0 Å². The summed E-state index contributed by atoms with van der Waals surface area (Å²) in [5.41, 5.74) is 2.99. The Hall–Kier alpha value is -2.95. The fraction of sp³-hybridized carbons (Fsp3) is 0.250. The van der Waals surface area contributed by atoms with Crippen LogP contribution < -0.4 is 9.47 Å². The number of amides is 1. The molecule has 0 fully saturated rings. The highest BCUT2D eigenvalue weighted by atomic mass is 16.5. The van der Waals surface area contributed by atoms with E-state index in [4.69, 9.17) is 13.9 Å². The Kier molecular flexibility index (Phi) is 3.84. The van der Waals surface area contributed by atoms with Crippen molar-refractivity contribution in [2.45, 2.75) is 13.0 Å².